The average molecular weight is 299 g/mol. The summed E-state index contributed by atoms with van der Waals surface area (Å²) in [4.78, 5) is 12.3. The second-order valence-corrected chi connectivity index (χ2v) is 5.71. The van der Waals surface area contributed by atoms with E-state index in [9.17, 15) is 4.79 Å². The zero-order chi connectivity index (χ0) is 15.4. The van der Waals surface area contributed by atoms with Crippen LogP contribution >= 0.6 is 0 Å². The number of benzene rings is 1. The largest absolute Gasteiger partial charge is 0.381 e. The molecule has 5 heteroatoms. The predicted octanol–water partition coefficient (Wildman–Crippen LogP) is 2.54. The molecule has 1 amide bonds. The molecule has 0 aliphatic carbocycles. The van der Waals surface area contributed by atoms with E-state index in [1.54, 1.807) is 0 Å². The van der Waals surface area contributed by atoms with Crippen molar-refractivity contribution in [3.63, 3.8) is 0 Å². The van der Waals surface area contributed by atoms with E-state index in [2.05, 4.69) is 15.5 Å². The maximum Gasteiger partial charge on any atom is 0.269 e. The lowest BCUT2D eigenvalue weighted by atomic mass is 10.1. The van der Waals surface area contributed by atoms with Gasteiger partial charge in [-0.3, -0.25) is 9.89 Å². The highest BCUT2D eigenvalue weighted by atomic mass is 16.5. The van der Waals surface area contributed by atoms with Crippen LogP contribution in [-0.4, -0.2) is 35.9 Å². The Morgan fingerprint density at radius 2 is 2.23 bits per heavy atom. The maximum atomic E-state index is 12.3. The van der Waals surface area contributed by atoms with E-state index in [1.165, 1.54) is 0 Å². The fourth-order valence-corrected chi connectivity index (χ4v) is 2.79. The van der Waals surface area contributed by atoms with E-state index < -0.39 is 0 Å². The van der Waals surface area contributed by atoms with Gasteiger partial charge in [0.25, 0.3) is 5.91 Å². The van der Waals surface area contributed by atoms with Crippen LogP contribution in [0.5, 0.6) is 0 Å². The first-order valence-corrected chi connectivity index (χ1v) is 7.72. The third-order valence-corrected chi connectivity index (χ3v) is 4.15. The van der Waals surface area contributed by atoms with Gasteiger partial charge in [-0.15, -0.1) is 0 Å². The Bertz CT molecular complexity index is 631. The maximum absolute atomic E-state index is 12.3. The number of ether oxygens (including phenoxy) is 1. The van der Waals surface area contributed by atoms with Crippen LogP contribution in [0.25, 0.3) is 11.3 Å². The van der Waals surface area contributed by atoms with E-state index in [0.29, 0.717) is 18.2 Å². The molecule has 0 bridgehead atoms. The first-order chi connectivity index (χ1) is 10.8. The Morgan fingerprint density at radius 1 is 1.41 bits per heavy atom. The van der Waals surface area contributed by atoms with Crippen LogP contribution in [0, 0.1) is 12.8 Å². The van der Waals surface area contributed by atoms with E-state index in [1.807, 2.05) is 37.3 Å². The molecule has 3 rings (SSSR count). The molecule has 1 aliphatic rings. The molecular weight excluding hydrogens is 278 g/mol. The number of nitrogens with zero attached hydrogens (tertiary/aromatic N) is 1. The Morgan fingerprint density at radius 3 is 2.95 bits per heavy atom. The first-order valence-electron chi connectivity index (χ1n) is 7.72. The van der Waals surface area contributed by atoms with Crippen molar-refractivity contribution in [1.82, 2.24) is 15.5 Å². The highest BCUT2D eigenvalue weighted by Gasteiger charge is 2.18. The fourth-order valence-electron chi connectivity index (χ4n) is 2.79. The van der Waals surface area contributed by atoms with Crippen molar-refractivity contribution in [2.75, 3.05) is 19.8 Å². The summed E-state index contributed by atoms with van der Waals surface area (Å²) in [7, 11) is 0. The summed E-state index contributed by atoms with van der Waals surface area (Å²) in [6, 6.07) is 9.88. The lowest BCUT2D eigenvalue weighted by molar-refractivity contribution is 0.0945. The molecule has 2 heterocycles. The first kappa shape index (κ1) is 14.8. The topological polar surface area (TPSA) is 67.0 Å². The van der Waals surface area contributed by atoms with Crippen molar-refractivity contribution in [1.29, 1.82) is 0 Å². The number of rotatable bonds is 5. The second kappa shape index (κ2) is 6.75. The monoisotopic (exact) mass is 299 g/mol. The molecule has 116 valence electrons. The highest BCUT2D eigenvalue weighted by molar-refractivity contribution is 5.95. The fraction of sp³-hybridized carbons (Fsp3) is 0.412. The minimum atomic E-state index is -0.0916. The number of hydrogen-bond donors (Lipinski definition) is 2. The number of nitrogens with one attached hydrogen (secondary N) is 2. The minimum absolute atomic E-state index is 0.0916. The van der Waals surface area contributed by atoms with E-state index in [-0.39, 0.29) is 5.91 Å². The molecule has 1 fully saturated rings. The number of H-pyrrole nitrogens is 1. The van der Waals surface area contributed by atoms with Crippen LogP contribution in [0.1, 0.15) is 28.9 Å². The van der Waals surface area contributed by atoms with Crippen molar-refractivity contribution in [3.05, 3.63) is 41.6 Å². The molecule has 0 unspecified atom stereocenters. The summed E-state index contributed by atoms with van der Waals surface area (Å²) in [5, 5.41) is 10.1. The molecule has 0 saturated carbocycles. The van der Waals surface area contributed by atoms with Gasteiger partial charge in [0, 0.05) is 30.9 Å². The molecular formula is C17H21N3O2. The quantitative estimate of drug-likeness (QED) is 0.891. The zero-order valence-electron chi connectivity index (χ0n) is 12.8. The van der Waals surface area contributed by atoms with Gasteiger partial charge >= 0.3 is 0 Å². The molecule has 2 aromatic rings. The van der Waals surface area contributed by atoms with Crippen molar-refractivity contribution >= 4 is 5.91 Å². The minimum Gasteiger partial charge on any atom is -0.381 e. The van der Waals surface area contributed by atoms with Gasteiger partial charge in [-0.05, 0) is 25.7 Å². The van der Waals surface area contributed by atoms with Gasteiger partial charge in [-0.2, -0.15) is 5.10 Å². The number of carbonyl (C=O) groups is 1. The highest BCUT2D eigenvalue weighted by Crippen LogP contribution is 2.22. The Balaban J connectivity index is 1.62. The second-order valence-electron chi connectivity index (χ2n) is 5.71. The molecule has 1 aromatic carbocycles. The third-order valence-electron chi connectivity index (χ3n) is 4.15. The Hall–Kier alpha value is -2.14. The molecule has 22 heavy (non-hydrogen) atoms. The molecule has 1 saturated heterocycles. The van der Waals surface area contributed by atoms with Crippen LogP contribution in [0.3, 0.4) is 0 Å². The van der Waals surface area contributed by atoms with Crippen LogP contribution < -0.4 is 5.32 Å². The van der Waals surface area contributed by atoms with Gasteiger partial charge in [0.15, 0.2) is 0 Å². The number of aromatic amines is 1. The Labute approximate surface area is 130 Å². The third kappa shape index (κ3) is 3.20. The van der Waals surface area contributed by atoms with Crippen LogP contribution in [0.2, 0.25) is 0 Å². The normalized spacial score (nSPS) is 17.6. The lowest BCUT2D eigenvalue weighted by Crippen LogP contribution is -2.27. The van der Waals surface area contributed by atoms with Gasteiger partial charge in [0.05, 0.1) is 5.69 Å². The molecule has 2 N–H and O–H groups in total. The van der Waals surface area contributed by atoms with Gasteiger partial charge in [-0.1, -0.05) is 30.3 Å². The van der Waals surface area contributed by atoms with Gasteiger partial charge in [0.2, 0.25) is 0 Å². The van der Waals surface area contributed by atoms with Crippen molar-refractivity contribution in [2.24, 2.45) is 5.92 Å². The summed E-state index contributed by atoms with van der Waals surface area (Å²) < 4.78 is 5.34. The van der Waals surface area contributed by atoms with E-state index >= 15 is 0 Å². The summed E-state index contributed by atoms with van der Waals surface area (Å²) in [6.07, 6.45) is 2.06. The van der Waals surface area contributed by atoms with Crippen LogP contribution in [0.15, 0.2) is 30.3 Å². The SMILES string of the molecule is Cc1c(-c2ccccc2)n[nH]c1C(=O)NCC[C@H]1CCOC1. The van der Waals surface area contributed by atoms with E-state index in [0.717, 1.165) is 42.9 Å². The van der Waals surface area contributed by atoms with Crippen LogP contribution in [0.4, 0.5) is 0 Å². The molecule has 0 spiro atoms. The average Bonchev–Trinajstić information content (AvgIpc) is 3.18. The van der Waals surface area contributed by atoms with Crippen molar-refractivity contribution in [3.8, 4) is 11.3 Å². The predicted molar refractivity (Wildman–Crippen MR) is 84.6 cm³/mol. The Kier molecular flexibility index (Phi) is 4.53. The van der Waals surface area contributed by atoms with Gasteiger partial charge in [-0.25, -0.2) is 0 Å². The molecule has 0 radical (unpaired) electrons. The molecule has 1 aromatic heterocycles. The zero-order valence-corrected chi connectivity index (χ0v) is 12.8. The summed E-state index contributed by atoms with van der Waals surface area (Å²) >= 11 is 0. The van der Waals surface area contributed by atoms with E-state index in [4.69, 9.17) is 4.74 Å². The lowest BCUT2D eigenvalue weighted by Gasteiger charge is -2.08. The molecule has 1 atom stereocenters. The number of hydrogen-bond acceptors (Lipinski definition) is 3. The standard InChI is InChI=1S/C17H21N3O2/c1-12-15(14-5-3-2-4-6-14)19-20-16(12)17(21)18-9-7-13-8-10-22-11-13/h2-6,13H,7-11H2,1H3,(H,18,21)(H,19,20)/t13-/m0/s1. The van der Waals surface area contributed by atoms with Crippen molar-refractivity contribution < 1.29 is 9.53 Å². The molecule has 1 aliphatic heterocycles. The summed E-state index contributed by atoms with van der Waals surface area (Å²) in [5.41, 5.74) is 3.27. The number of amides is 1. The van der Waals surface area contributed by atoms with Crippen LogP contribution in [-0.2, 0) is 4.74 Å². The van der Waals surface area contributed by atoms with Gasteiger partial charge in [0.1, 0.15) is 5.69 Å². The van der Waals surface area contributed by atoms with Gasteiger partial charge < -0.3 is 10.1 Å². The summed E-state index contributed by atoms with van der Waals surface area (Å²) in [5.74, 6) is 0.481. The van der Waals surface area contributed by atoms with Crippen molar-refractivity contribution in [2.45, 2.75) is 19.8 Å². The molecule has 5 nitrogen and oxygen atoms in total. The smallest absolute Gasteiger partial charge is 0.269 e. The number of carbonyl (C=O) groups excluding carboxylic acids is 1. The number of aromatic nitrogens is 2. The summed E-state index contributed by atoms with van der Waals surface area (Å²) in [6.45, 7) is 4.26.